The lowest BCUT2D eigenvalue weighted by molar-refractivity contribution is -0.122. The summed E-state index contributed by atoms with van der Waals surface area (Å²) in [4.78, 5) is 14.8. The molecule has 2 heterocycles. The number of hydrogen-bond acceptors (Lipinski definition) is 4. The molecule has 1 saturated heterocycles. The van der Waals surface area contributed by atoms with Gasteiger partial charge in [-0.25, -0.2) is 0 Å². The molecule has 6 nitrogen and oxygen atoms in total. The van der Waals surface area contributed by atoms with E-state index >= 15 is 0 Å². The third-order valence-electron chi connectivity index (χ3n) is 4.49. The monoisotopic (exact) mass is 328 g/mol. The van der Waals surface area contributed by atoms with Crippen LogP contribution in [0.15, 0.2) is 36.7 Å². The van der Waals surface area contributed by atoms with Gasteiger partial charge in [0, 0.05) is 31.4 Å². The Hall–Kier alpha value is -2.34. The first-order chi connectivity index (χ1) is 11.6. The topological polar surface area (TPSA) is 59.4 Å². The van der Waals surface area contributed by atoms with Gasteiger partial charge in [-0.15, -0.1) is 0 Å². The number of aromatic nitrogens is 2. The molecule has 128 valence electrons. The van der Waals surface area contributed by atoms with E-state index in [0.29, 0.717) is 0 Å². The van der Waals surface area contributed by atoms with Crippen molar-refractivity contribution in [3.63, 3.8) is 0 Å². The minimum Gasteiger partial charge on any atom is -0.495 e. The highest BCUT2D eigenvalue weighted by Gasteiger charge is 2.32. The molecular weight excluding hydrogens is 304 g/mol. The third kappa shape index (κ3) is 3.28. The molecule has 0 saturated carbocycles. The van der Waals surface area contributed by atoms with E-state index in [-0.39, 0.29) is 18.0 Å². The van der Waals surface area contributed by atoms with E-state index in [1.165, 1.54) is 0 Å². The highest BCUT2D eigenvalue weighted by molar-refractivity contribution is 5.99. The molecule has 0 aliphatic carbocycles. The van der Waals surface area contributed by atoms with Crippen molar-refractivity contribution in [1.82, 2.24) is 15.1 Å². The SMILES string of the molecule is COc1ccccc1N1CCCC(NC(C)c2cnn(C)c2)C1=O. The molecule has 1 amide bonds. The molecule has 24 heavy (non-hydrogen) atoms. The van der Waals surface area contributed by atoms with Crippen LogP contribution in [0.2, 0.25) is 0 Å². The van der Waals surface area contributed by atoms with Crippen molar-refractivity contribution in [2.24, 2.45) is 7.05 Å². The van der Waals surface area contributed by atoms with Crippen LogP contribution in [0.3, 0.4) is 0 Å². The van der Waals surface area contributed by atoms with Crippen LogP contribution in [-0.4, -0.2) is 35.4 Å². The van der Waals surface area contributed by atoms with Gasteiger partial charge in [0.1, 0.15) is 5.75 Å². The van der Waals surface area contributed by atoms with Gasteiger partial charge in [0.05, 0.1) is 25.0 Å². The van der Waals surface area contributed by atoms with Crippen molar-refractivity contribution < 1.29 is 9.53 Å². The molecule has 3 rings (SSSR count). The average Bonchev–Trinajstić information content (AvgIpc) is 3.03. The van der Waals surface area contributed by atoms with Crippen LogP contribution in [0.25, 0.3) is 0 Å². The molecule has 0 bridgehead atoms. The second kappa shape index (κ2) is 7.05. The van der Waals surface area contributed by atoms with Gasteiger partial charge < -0.3 is 9.64 Å². The molecule has 0 radical (unpaired) electrons. The molecule has 1 fully saturated rings. The van der Waals surface area contributed by atoms with Crippen molar-refractivity contribution in [2.45, 2.75) is 31.8 Å². The highest BCUT2D eigenvalue weighted by Crippen LogP contribution is 2.31. The Balaban J connectivity index is 1.75. The van der Waals surface area contributed by atoms with E-state index in [9.17, 15) is 4.79 Å². The molecule has 1 aliphatic rings. The van der Waals surface area contributed by atoms with E-state index < -0.39 is 0 Å². The number of nitrogens with one attached hydrogen (secondary N) is 1. The molecule has 2 unspecified atom stereocenters. The fourth-order valence-corrected chi connectivity index (χ4v) is 3.18. The fourth-order valence-electron chi connectivity index (χ4n) is 3.18. The lowest BCUT2D eigenvalue weighted by atomic mass is 10.0. The summed E-state index contributed by atoms with van der Waals surface area (Å²) >= 11 is 0. The smallest absolute Gasteiger partial charge is 0.244 e. The number of benzene rings is 1. The lowest BCUT2D eigenvalue weighted by Gasteiger charge is -2.34. The zero-order chi connectivity index (χ0) is 17.1. The molecule has 1 aliphatic heterocycles. The van der Waals surface area contributed by atoms with Crippen molar-refractivity contribution in [3.05, 3.63) is 42.2 Å². The molecule has 1 N–H and O–H groups in total. The zero-order valence-corrected chi connectivity index (χ0v) is 14.4. The summed E-state index contributed by atoms with van der Waals surface area (Å²) in [5.74, 6) is 0.827. The van der Waals surface area contributed by atoms with Crippen LogP contribution in [0.5, 0.6) is 5.75 Å². The fraction of sp³-hybridized carbons (Fsp3) is 0.444. The molecular formula is C18H24N4O2. The molecule has 1 aromatic heterocycles. The maximum Gasteiger partial charge on any atom is 0.244 e. The van der Waals surface area contributed by atoms with E-state index in [0.717, 1.165) is 36.4 Å². The second-order valence-electron chi connectivity index (χ2n) is 6.19. The van der Waals surface area contributed by atoms with Crippen LogP contribution < -0.4 is 15.0 Å². The zero-order valence-electron chi connectivity index (χ0n) is 14.4. The van der Waals surface area contributed by atoms with Crippen molar-refractivity contribution in [3.8, 4) is 5.75 Å². The van der Waals surface area contributed by atoms with Gasteiger partial charge in [-0.2, -0.15) is 5.10 Å². The predicted molar refractivity (Wildman–Crippen MR) is 93.1 cm³/mol. The minimum atomic E-state index is -0.195. The number of rotatable bonds is 5. The molecule has 2 atom stereocenters. The Morgan fingerprint density at radius 3 is 2.88 bits per heavy atom. The first kappa shape index (κ1) is 16.5. The van der Waals surface area contributed by atoms with Gasteiger partial charge in [-0.05, 0) is 31.9 Å². The van der Waals surface area contributed by atoms with Crippen LogP contribution in [0.4, 0.5) is 5.69 Å². The van der Waals surface area contributed by atoms with Gasteiger partial charge in [0.15, 0.2) is 0 Å². The first-order valence-corrected chi connectivity index (χ1v) is 8.29. The number of carbonyl (C=O) groups excluding carboxylic acids is 1. The Labute approximate surface area is 142 Å². The van der Waals surface area contributed by atoms with Gasteiger partial charge >= 0.3 is 0 Å². The van der Waals surface area contributed by atoms with E-state index in [1.807, 2.05) is 48.6 Å². The number of para-hydroxylation sites is 2. The molecule has 1 aromatic carbocycles. The molecule has 0 spiro atoms. The minimum absolute atomic E-state index is 0.0743. The maximum atomic E-state index is 13.0. The van der Waals surface area contributed by atoms with E-state index in [2.05, 4.69) is 17.3 Å². The summed E-state index contributed by atoms with van der Waals surface area (Å²) in [6.07, 6.45) is 5.61. The summed E-state index contributed by atoms with van der Waals surface area (Å²) in [6, 6.07) is 7.54. The molecule has 6 heteroatoms. The number of piperidine rings is 1. The van der Waals surface area contributed by atoms with Crippen LogP contribution in [0.1, 0.15) is 31.4 Å². The van der Waals surface area contributed by atoms with Gasteiger partial charge in [0.2, 0.25) is 5.91 Å². The number of nitrogens with zero attached hydrogens (tertiary/aromatic N) is 3. The van der Waals surface area contributed by atoms with Crippen molar-refractivity contribution >= 4 is 11.6 Å². The maximum absolute atomic E-state index is 13.0. The number of methoxy groups -OCH3 is 1. The predicted octanol–water partition coefficient (Wildman–Crippen LogP) is 2.27. The summed E-state index contributed by atoms with van der Waals surface area (Å²) in [5, 5.41) is 7.65. The highest BCUT2D eigenvalue weighted by atomic mass is 16.5. The summed E-state index contributed by atoms with van der Waals surface area (Å²) in [5.41, 5.74) is 1.92. The Morgan fingerprint density at radius 1 is 1.38 bits per heavy atom. The Kier molecular flexibility index (Phi) is 4.85. The van der Waals surface area contributed by atoms with Crippen LogP contribution in [0, 0.1) is 0 Å². The number of ether oxygens (including phenoxy) is 1. The van der Waals surface area contributed by atoms with Gasteiger partial charge in [0.25, 0.3) is 0 Å². The average molecular weight is 328 g/mol. The number of aryl methyl sites for hydroxylation is 1. The van der Waals surface area contributed by atoms with Crippen LogP contribution in [-0.2, 0) is 11.8 Å². The number of amides is 1. The summed E-state index contributed by atoms with van der Waals surface area (Å²) in [6.45, 7) is 2.78. The largest absolute Gasteiger partial charge is 0.495 e. The Morgan fingerprint density at radius 2 is 2.17 bits per heavy atom. The standard InChI is InChI=1S/C18H24N4O2/c1-13(14-11-19-21(2)12-14)20-15-7-6-10-22(18(15)23)16-8-4-5-9-17(16)24-3/h4-5,8-9,11-13,15,20H,6-7,10H2,1-3H3. The summed E-state index contributed by atoms with van der Waals surface area (Å²) < 4.78 is 7.19. The number of anilines is 1. The van der Waals surface area contributed by atoms with E-state index in [4.69, 9.17) is 4.74 Å². The normalized spacial score (nSPS) is 19.4. The van der Waals surface area contributed by atoms with Gasteiger partial charge in [-0.3, -0.25) is 14.8 Å². The number of carbonyl (C=O) groups is 1. The van der Waals surface area contributed by atoms with Crippen LogP contribution >= 0.6 is 0 Å². The molecule has 2 aromatic rings. The second-order valence-corrected chi connectivity index (χ2v) is 6.19. The van der Waals surface area contributed by atoms with E-state index in [1.54, 1.807) is 11.8 Å². The first-order valence-electron chi connectivity index (χ1n) is 8.29. The van der Waals surface area contributed by atoms with Gasteiger partial charge in [-0.1, -0.05) is 12.1 Å². The summed E-state index contributed by atoms with van der Waals surface area (Å²) in [7, 11) is 3.53. The van der Waals surface area contributed by atoms with Crippen molar-refractivity contribution in [1.29, 1.82) is 0 Å². The Bertz CT molecular complexity index is 713. The lowest BCUT2D eigenvalue weighted by Crippen LogP contribution is -2.51. The quantitative estimate of drug-likeness (QED) is 0.915. The number of hydrogen-bond donors (Lipinski definition) is 1. The third-order valence-corrected chi connectivity index (χ3v) is 4.49. The van der Waals surface area contributed by atoms with Crippen molar-refractivity contribution in [2.75, 3.05) is 18.6 Å².